The van der Waals surface area contributed by atoms with Crippen LogP contribution in [0.5, 0.6) is 0 Å². The van der Waals surface area contributed by atoms with Crippen molar-refractivity contribution in [2.45, 2.75) is 52.0 Å². The van der Waals surface area contributed by atoms with E-state index in [1.54, 1.807) is 0 Å². The second-order valence-corrected chi connectivity index (χ2v) is 5.07. The largest absolute Gasteiger partial charge is 0.353 e. The maximum Gasteiger partial charge on any atom is 0.220 e. The average Bonchev–Trinajstić information content (AvgIpc) is 2.13. The van der Waals surface area contributed by atoms with Gasteiger partial charge >= 0.3 is 0 Å². The van der Waals surface area contributed by atoms with Crippen LogP contribution in [-0.4, -0.2) is 18.5 Å². The van der Waals surface area contributed by atoms with Crippen molar-refractivity contribution < 1.29 is 4.79 Å². The van der Waals surface area contributed by atoms with Crippen LogP contribution in [0.3, 0.4) is 0 Å². The second kappa shape index (κ2) is 6.11. The van der Waals surface area contributed by atoms with Gasteiger partial charge in [-0.05, 0) is 44.1 Å². The molecule has 0 aromatic heterocycles. The number of hydrogen-bond acceptors (Lipinski definition) is 2. The summed E-state index contributed by atoms with van der Waals surface area (Å²) in [5.41, 5.74) is 5.37. The zero-order chi connectivity index (χ0) is 11.3. The Morgan fingerprint density at radius 2 is 1.87 bits per heavy atom. The number of hydrogen-bond donors (Lipinski definition) is 2. The molecule has 0 heterocycles. The molecule has 0 saturated heterocycles. The SMILES string of the molecule is CC1CC(C)CC(NC(=O)CCCN)C1. The van der Waals surface area contributed by atoms with E-state index in [4.69, 9.17) is 5.73 Å². The minimum Gasteiger partial charge on any atom is -0.353 e. The summed E-state index contributed by atoms with van der Waals surface area (Å²) in [7, 11) is 0. The number of nitrogens with two attached hydrogens (primary N) is 1. The molecule has 1 aliphatic carbocycles. The highest BCUT2D eigenvalue weighted by molar-refractivity contribution is 5.76. The highest BCUT2D eigenvalue weighted by Crippen LogP contribution is 2.28. The van der Waals surface area contributed by atoms with E-state index in [1.165, 1.54) is 6.42 Å². The van der Waals surface area contributed by atoms with Crippen LogP contribution >= 0.6 is 0 Å². The topological polar surface area (TPSA) is 55.1 Å². The molecule has 0 aromatic rings. The van der Waals surface area contributed by atoms with Gasteiger partial charge < -0.3 is 11.1 Å². The molecule has 3 heteroatoms. The standard InChI is InChI=1S/C12H24N2O/c1-9-6-10(2)8-11(7-9)14-12(15)4-3-5-13/h9-11H,3-8,13H2,1-2H3,(H,14,15). The van der Waals surface area contributed by atoms with Gasteiger partial charge in [-0.1, -0.05) is 13.8 Å². The smallest absolute Gasteiger partial charge is 0.220 e. The van der Waals surface area contributed by atoms with Gasteiger partial charge in [0.15, 0.2) is 0 Å². The summed E-state index contributed by atoms with van der Waals surface area (Å²) in [5.74, 6) is 1.66. The lowest BCUT2D eigenvalue weighted by Gasteiger charge is -2.31. The van der Waals surface area contributed by atoms with E-state index in [9.17, 15) is 4.79 Å². The van der Waals surface area contributed by atoms with Gasteiger partial charge in [0.25, 0.3) is 0 Å². The van der Waals surface area contributed by atoms with Crippen LogP contribution in [0, 0.1) is 11.8 Å². The molecule has 1 aliphatic rings. The Kier molecular flexibility index (Phi) is 5.09. The van der Waals surface area contributed by atoms with Gasteiger partial charge in [-0.25, -0.2) is 0 Å². The van der Waals surface area contributed by atoms with Crippen molar-refractivity contribution in [2.75, 3.05) is 6.54 Å². The van der Waals surface area contributed by atoms with Crippen LogP contribution in [-0.2, 0) is 4.79 Å². The second-order valence-electron chi connectivity index (χ2n) is 5.07. The van der Waals surface area contributed by atoms with Gasteiger partial charge in [-0.15, -0.1) is 0 Å². The van der Waals surface area contributed by atoms with Crippen molar-refractivity contribution in [3.8, 4) is 0 Å². The fourth-order valence-electron chi connectivity index (χ4n) is 2.63. The first-order valence-corrected chi connectivity index (χ1v) is 6.11. The predicted octanol–water partition coefficient (Wildman–Crippen LogP) is 1.67. The van der Waals surface area contributed by atoms with Crippen molar-refractivity contribution in [3.05, 3.63) is 0 Å². The van der Waals surface area contributed by atoms with Gasteiger partial charge in [0, 0.05) is 12.5 Å². The minimum absolute atomic E-state index is 0.173. The Morgan fingerprint density at radius 1 is 1.27 bits per heavy atom. The summed E-state index contributed by atoms with van der Waals surface area (Å²) in [4.78, 5) is 11.5. The van der Waals surface area contributed by atoms with Crippen LogP contribution in [0.15, 0.2) is 0 Å². The molecule has 0 radical (unpaired) electrons. The number of amides is 1. The Balaban J connectivity index is 2.27. The van der Waals surface area contributed by atoms with E-state index in [-0.39, 0.29) is 5.91 Å². The molecule has 3 N–H and O–H groups in total. The first-order chi connectivity index (χ1) is 7.11. The molecule has 2 atom stereocenters. The van der Waals surface area contributed by atoms with Crippen LogP contribution in [0.1, 0.15) is 46.0 Å². The highest BCUT2D eigenvalue weighted by Gasteiger charge is 2.24. The Hall–Kier alpha value is -0.570. The molecular weight excluding hydrogens is 188 g/mol. The van der Waals surface area contributed by atoms with Gasteiger partial charge in [0.05, 0.1) is 0 Å². The lowest BCUT2D eigenvalue weighted by Crippen LogP contribution is -2.40. The molecule has 2 unspecified atom stereocenters. The fraction of sp³-hybridized carbons (Fsp3) is 0.917. The molecule has 1 rings (SSSR count). The summed E-state index contributed by atoms with van der Waals surface area (Å²) in [6, 6.07) is 0.397. The molecule has 0 bridgehead atoms. The van der Waals surface area contributed by atoms with Gasteiger partial charge in [0.1, 0.15) is 0 Å². The van der Waals surface area contributed by atoms with Crippen molar-refractivity contribution in [1.29, 1.82) is 0 Å². The molecule has 88 valence electrons. The van der Waals surface area contributed by atoms with Crippen LogP contribution in [0.4, 0.5) is 0 Å². The van der Waals surface area contributed by atoms with E-state index in [0.717, 1.165) is 31.1 Å². The first-order valence-electron chi connectivity index (χ1n) is 6.11. The maximum atomic E-state index is 11.5. The maximum absolute atomic E-state index is 11.5. The number of nitrogens with one attached hydrogen (secondary N) is 1. The first kappa shape index (κ1) is 12.5. The van der Waals surface area contributed by atoms with Crippen molar-refractivity contribution >= 4 is 5.91 Å². The lowest BCUT2D eigenvalue weighted by atomic mass is 9.80. The van der Waals surface area contributed by atoms with Crippen LogP contribution < -0.4 is 11.1 Å². The van der Waals surface area contributed by atoms with Crippen LogP contribution in [0.25, 0.3) is 0 Å². The summed E-state index contributed by atoms with van der Waals surface area (Å²) in [6.07, 6.45) is 4.95. The van der Waals surface area contributed by atoms with Gasteiger partial charge in [-0.2, -0.15) is 0 Å². The van der Waals surface area contributed by atoms with Gasteiger partial charge in [0.2, 0.25) is 5.91 Å². The lowest BCUT2D eigenvalue weighted by molar-refractivity contribution is -0.122. The molecule has 1 amide bonds. The third-order valence-electron chi connectivity index (χ3n) is 3.15. The zero-order valence-electron chi connectivity index (χ0n) is 9.96. The molecule has 15 heavy (non-hydrogen) atoms. The Morgan fingerprint density at radius 3 is 2.40 bits per heavy atom. The van der Waals surface area contributed by atoms with Gasteiger partial charge in [-0.3, -0.25) is 4.79 Å². The summed E-state index contributed by atoms with van der Waals surface area (Å²) in [5, 5.41) is 3.12. The molecular formula is C12H24N2O. The molecule has 1 fully saturated rings. The average molecular weight is 212 g/mol. The van der Waals surface area contributed by atoms with Crippen LogP contribution in [0.2, 0.25) is 0 Å². The van der Waals surface area contributed by atoms with E-state index < -0.39 is 0 Å². The fourth-order valence-corrected chi connectivity index (χ4v) is 2.63. The molecule has 0 spiro atoms. The van der Waals surface area contributed by atoms with Crippen molar-refractivity contribution in [1.82, 2.24) is 5.32 Å². The third-order valence-corrected chi connectivity index (χ3v) is 3.15. The number of carbonyl (C=O) groups is 1. The normalized spacial score (nSPS) is 31.3. The molecule has 0 aliphatic heterocycles. The summed E-state index contributed by atoms with van der Waals surface area (Å²) >= 11 is 0. The predicted molar refractivity (Wildman–Crippen MR) is 62.4 cm³/mol. The van der Waals surface area contributed by atoms with E-state index in [1.807, 2.05) is 0 Å². The summed E-state index contributed by atoms with van der Waals surface area (Å²) in [6.45, 7) is 5.15. The quantitative estimate of drug-likeness (QED) is 0.744. The monoisotopic (exact) mass is 212 g/mol. The molecule has 3 nitrogen and oxygen atoms in total. The molecule has 1 saturated carbocycles. The zero-order valence-corrected chi connectivity index (χ0v) is 9.96. The minimum atomic E-state index is 0.173. The highest BCUT2D eigenvalue weighted by atomic mass is 16.1. The Labute approximate surface area is 92.8 Å². The van der Waals surface area contributed by atoms with Crippen molar-refractivity contribution in [3.63, 3.8) is 0 Å². The number of rotatable bonds is 4. The van der Waals surface area contributed by atoms with E-state index in [0.29, 0.717) is 19.0 Å². The molecule has 0 aromatic carbocycles. The van der Waals surface area contributed by atoms with Crippen molar-refractivity contribution in [2.24, 2.45) is 17.6 Å². The van der Waals surface area contributed by atoms with E-state index in [2.05, 4.69) is 19.2 Å². The Bertz CT molecular complexity index is 196. The van der Waals surface area contributed by atoms with E-state index >= 15 is 0 Å². The summed E-state index contributed by atoms with van der Waals surface area (Å²) < 4.78 is 0. The number of carbonyl (C=O) groups excluding carboxylic acids is 1. The third kappa shape index (κ3) is 4.65.